The molecule has 1 N–H and O–H groups in total. The van der Waals surface area contributed by atoms with Crippen LogP contribution in [0.3, 0.4) is 0 Å². The van der Waals surface area contributed by atoms with Gasteiger partial charge >= 0.3 is 0 Å². The van der Waals surface area contributed by atoms with Gasteiger partial charge in [-0.25, -0.2) is 8.42 Å². The Bertz CT molecular complexity index is 439. The molecule has 0 spiro atoms. The maximum atomic E-state index is 12.2. The average molecular weight is 272 g/mol. The summed E-state index contributed by atoms with van der Waals surface area (Å²) in [6.07, 6.45) is 5.76. The van der Waals surface area contributed by atoms with Gasteiger partial charge in [-0.2, -0.15) is 0 Å². The highest BCUT2D eigenvalue weighted by Crippen LogP contribution is 2.19. The van der Waals surface area contributed by atoms with Crippen LogP contribution in [-0.4, -0.2) is 56.9 Å². The maximum absolute atomic E-state index is 12.2. The number of sulfone groups is 1. The first-order chi connectivity index (χ1) is 8.41. The third kappa shape index (κ3) is 3.72. The number of hydrogen-bond donors (Lipinski definition) is 1. The van der Waals surface area contributed by atoms with E-state index in [1.807, 2.05) is 6.92 Å². The second kappa shape index (κ2) is 6.21. The van der Waals surface area contributed by atoms with Crippen LogP contribution in [0.4, 0.5) is 0 Å². The van der Waals surface area contributed by atoms with Crippen molar-refractivity contribution in [2.24, 2.45) is 5.92 Å². The Kier molecular flexibility index (Phi) is 5.17. The molecule has 0 radical (unpaired) electrons. The van der Waals surface area contributed by atoms with Crippen molar-refractivity contribution >= 4 is 15.7 Å². The van der Waals surface area contributed by atoms with Crippen LogP contribution in [0.2, 0.25) is 0 Å². The van der Waals surface area contributed by atoms with E-state index in [2.05, 4.69) is 11.2 Å². The zero-order valence-electron chi connectivity index (χ0n) is 10.8. The normalized spacial score (nSPS) is 23.3. The fourth-order valence-corrected chi connectivity index (χ4v) is 3.91. The zero-order chi connectivity index (χ0) is 13.8. The van der Waals surface area contributed by atoms with Crippen LogP contribution in [0.5, 0.6) is 0 Å². The number of nitrogens with zero attached hydrogens (tertiary/aromatic N) is 1. The van der Waals surface area contributed by atoms with E-state index in [0.29, 0.717) is 13.0 Å². The van der Waals surface area contributed by atoms with Crippen LogP contribution in [0.25, 0.3) is 0 Å². The van der Waals surface area contributed by atoms with E-state index in [9.17, 15) is 13.2 Å². The lowest BCUT2D eigenvalue weighted by atomic mass is 10.1. The fraction of sp³-hybridized carbons (Fsp3) is 0.750. The van der Waals surface area contributed by atoms with Gasteiger partial charge in [0.1, 0.15) is 0 Å². The van der Waals surface area contributed by atoms with Crippen molar-refractivity contribution in [3.8, 4) is 12.3 Å². The van der Waals surface area contributed by atoms with E-state index in [1.54, 1.807) is 7.05 Å². The first-order valence-electron chi connectivity index (χ1n) is 6.00. The lowest BCUT2D eigenvalue weighted by Crippen LogP contribution is -2.45. The van der Waals surface area contributed by atoms with Crippen LogP contribution in [-0.2, 0) is 14.6 Å². The summed E-state index contributed by atoms with van der Waals surface area (Å²) < 4.78 is 22.9. The molecule has 5 nitrogen and oxygen atoms in total. The second-order valence-corrected chi connectivity index (χ2v) is 6.91. The quantitative estimate of drug-likeness (QED) is 0.685. The van der Waals surface area contributed by atoms with E-state index in [4.69, 9.17) is 6.42 Å². The molecule has 0 aromatic carbocycles. The average Bonchev–Trinajstić information content (AvgIpc) is 2.66. The number of carbonyl (C=O) groups is 1. The molecule has 0 aliphatic carbocycles. The molecule has 1 fully saturated rings. The summed E-state index contributed by atoms with van der Waals surface area (Å²) in [6, 6.07) is -0.266. The number of rotatable bonds is 5. The molecule has 18 heavy (non-hydrogen) atoms. The summed E-state index contributed by atoms with van der Waals surface area (Å²) >= 11 is 0. The number of amides is 1. The van der Waals surface area contributed by atoms with Gasteiger partial charge in [-0.1, -0.05) is 12.8 Å². The molecule has 1 amide bonds. The van der Waals surface area contributed by atoms with Crippen molar-refractivity contribution in [3.05, 3.63) is 0 Å². The van der Waals surface area contributed by atoms with Gasteiger partial charge in [-0.05, 0) is 13.5 Å². The molecule has 1 rings (SSSR count). The van der Waals surface area contributed by atoms with Crippen LogP contribution in [0.15, 0.2) is 0 Å². The van der Waals surface area contributed by atoms with Crippen molar-refractivity contribution < 1.29 is 13.2 Å². The lowest BCUT2D eigenvalue weighted by molar-refractivity contribution is -0.136. The minimum atomic E-state index is -3.01. The SMILES string of the molecule is C#CCN(C(=O)C(C)CNC)C1CCS(=O)(=O)C1. The molecule has 0 aromatic rings. The van der Waals surface area contributed by atoms with Crippen LogP contribution in [0, 0.1) is 18.3 Å². The minimum Gasteiger partial charge on any atom is -0.327 e. The Labute approximate surface area is 109 Å². The Morgan fingerprint density at radius 1 is 1.61 bits per heavy atom. The van der Waals surface area contributed by atoms with E-state index in [0.717, 1.165) is 0 Å². The molecule has 102 valence electrons. The summed E-state index contributed by atoms with van der Waals surface area (Å²) in [5, 5.41) is 2.93. The topological polar surface area (TPSA) is 66.5 Å². The van der Waals surface area contributed by atoms with Crippen LogP contribution in [0.1, 0.15) is 13.3 Å². The fourth-order valence-electron chi connectivity index (χ4n) is 2.18. The maximum Gasteiger partial charge on any atom is 0.227 e. The van der Waals surface area contributed by atoms with Crippen molar-refractivity contribution in [2.45, 2.75) is 19.4 Å². The Morgan fingerprint density at radius 2 is 2.28 bits per heavy atom. The third-order valence-corrected chi connectivity index (χ3v) is 4.88. The molecule has 2 unspecified atom stereocenters. The van der Waals surface area contributed by atoms with Gasteiger partial charge < -0.3 is 10.2 Å². The molecular formula is C12H20N2O3S. The van der Waals surface area contributed by atoms with Gasteiger partial charge in [-0.15, -0.1) is 6.42 Å². The van der Waals surface area contributed by atoms with Gasteiger partial charge in [0.05, 0.1) is 18.1 Å². The Hall–Kier alpha value is -1.06. The molecule has 0 aromatic heterocycles. The first-order valence-corrected chi connectivity index (χ1v) is 7.82. The zero-order valence-corrected chi connectivity index (χ0v) is 11.7. The lowest BCUT2D eigenvalue weighted by Gasteiger charge is -2.29. The second-order valence-electron chi connectivity index (χ2n) is 4.69. The van der Waals surface area contributed by atoms with E-state index < -0.39 is 9.84 Å². The molecule has 1 heterocycles. The molecule has 0 bridgehead atoms. The largest absolute Gasteiger partial charge is 0.327 e. The predicted molar refractivity (Wildman–Crippen MR) is 70.7 cm³/mol. The van der Waals surface area contributed by atoms with E-state index in [-0.39, 0.29) is 35.9 Å². The monoisotopic (exact) mass is 272 g/mol. The third-order valence-electron chi connectivity index (χ3n) is 3.13. The van der Waals surface area contributed by atoms with Crippen molar-refractivity contribution in [1.29, 1.82) is 0 Å². The summed E-state index contributed by atoms with van der Waals surface area (Å²) in [6.45, 7) is 2.54. The molecule has 0 saturated carbocycles. The van der Waals surface area contributed by atoms with Crippen molar-refractivity contribution in [1.82, 2.24) is 10.2 Å². The predicted octanol–water partition coefficient (Wildman–Crippen LogP) is -0.509. The highest BCUT2D eigenvalue weighted by Gasteiger charge is 2.35. The number of carbonyl (C=O) groups excluding carboxylic acids is 1. The highest BCUT2D eigenvalue weighted by molar-refractivity contribution is 7.91. The van der Waals surface area contributed by atoms with Crippen LogP contribution < -0.4 is 5.32 Å². The van der Waals surface area contributed by atoms with Gasteiger partial charge in [-0.3, -0.25) is 4.79 Å². The van der Waals surface area contributed by atoms with Crippen molar-refractivity contribution in [2.75, 3.05) is 31.6 Å². The number of terminal acetylenes is 1. The Morgan fingerprint density at radius 3 is 2.72 bits per heavy atom. The van der Waals surface area contributed by atoms with E-state index >= 15 is 0 Å². The van der Waals surface area contributed by atoms with Gasteiger partial charge in [0, 0.05) is 18.5 Å². The minimum absolute atomic E-state index is 0.0344. The molecule has 2 atom stereocenters. The van der Waals surface area contributed by atoms with Gasteiger partial charge in [0.2, 0.25) is 5.91 Å². The molecule has 1 aliphatic rings. The van der Waals surface area contributed by atoms with E-state index in [1.165, 1.54) is 4.90 Å². The molecule has 6 heteroatoms. The summed E-state index contributed by atoms with van der Waals surface area (Å²) in [7, 11) is -1.24. The molecule has 1 saturated heterocycles. The Balaban J connectivity index is 2.77. The molecule has 1 aliphatic heterocycles. The highest BCUT2D eigenvalue weighted by atomic mass is 32.2. The smallest absolute Gasteiger partial charge is 0.227 e. The number of hydrogen-bond acceptors (Lipinski definition) is 4. The summed E-state index contributed by atoms with van der Waals surface area (Å²) in [5.41, 5.74) is 0. The summed E-state index contributed by atoms with van der Waals surface area (Å²) in [5.74, 6) is 2.34. The van der Waals surface area contributed by atoms with Crippen LogP contribution >= 0.6 is 0 Å². The first kappa shape index (κ1) is 15.0. The standard InChI is InChI=1S/C12H20N2O3S/c1-4-6-14(12(15)10(2)8-13-3)11-5-7-18(16,17)9-11/h1,10-11,13H,5-9H2,2-3H3. The molecular weight excluding hydrogens is 252 g/mol. The van der Waals surface area contributed by atoms with Gasteiger partial charge in [0.25, 0.3) is 0 Å². The van der Waals surface area contributed by atoms with Crippen molar-refractivity contribution in [3.63, 3.8) is 0 Å². The van der Waals surface area contributed by atoms with Gasteiger partial charge in [0.15, 0.2) is 9.84 Å². The summed E-state index contributed by atoms with van der Waals surface area (Å²) in [4.78, 5) is 13.8. The number of nitrogens with one attached hydrogen (secondary N) is 1.